The fourth-order valence-electron chi connectivity index (χ4n) is 3.32. The average Bonchev–Trinajstić information content (AvgIpc) is 2.59. The highest BCUT2D eigenvalue weighted by atomic mass is 28.4. The van der Waals surface area contributed by atoms with Crippen molar-refractivity contribution in [2.45, 2.75) is 51.7 Å². The second-order valence-corrected chi connectivity index (χ2v) is 11.7. The predicted octanol–water partition coefficient (Wildman–Crippen LogP) is 4.24. The lowest BCUT2D eigenvalue weighted by Gasteiger charge is -2.42. The zero-order valence-electron chi connectivity index (χ0n) is 15.8. The molecular weight excluding hydrogens is 324 g/mol. The Kier molecular flexibility index (Phi) is 6.62. The van der Waals surface area contributed by atoms with E-state index in [0.717, 1.165) is 12.8 Å². The fourth-order valence-corrected chi connectivity index (χ4v) is 7.61. The van der Waals surface area contributed by atoms with E-state index < -0.39 is 14.4 Å². The number of hydrogen-bond donors (Lipinski definition) is 1. The summed E-state index contributed by atoms with van der Waals surface area (Å²) in [6, 6.07) is 21.0. The first-order chi connectivity index (χ1) is 11.9. The lowest BCUT2D eigenvalue weighted by Crippen LogP contribution is -2.65. The summed E-state index contributed by atoms with van der Waals surface area (Å²) in [6.45, 7) is 8.81. The topological polar surface area (TPSA) is 29.5 Å². The van der Waals surface area contributed by atoms with E-state index in [1.54, 1.807) is 12.3 Å². The van der Waals surface area contributed by atoms with Gasteiger partial charge in [-0.3, -0.25) is 0 Å². The third kappa shape index (κ3) is 4.41. The molecule has 0 bridgehead atoms. The summed E-state index contributed by atoms with van der Waals surface area (Å²) >= 11 is 0. The first-order valence-electron chi connectivity index (χ1n) is 9.05. The maximum Gasteiger partial charge on any atom is 0.319 e. The van der Waals surface area contributed by atoms with E-state index in [1.165, 1.54) is 10.4 Å². The number of hydrogen-bond acceptors (Lipinski definition) is 2. The molecule has 0 heterocycles. The molecule has 0 saturated carbocycles. The van der Waals surface area contributed by atoms with Crippen LogP contribution in [0.1, 0.15) is 40.5 Å². The molecule has 0 aliphatic heterocycles. The second-order valence-electron chi connectivity index (χ2n) is 7.47. The molecule has 25 heavy (non-hydrogen) atoms. The molecule has 2 nitrogen and oxygen atoms in total. The van der Waals surface area contributed by atoms with Gasteiger partial charge in [0.1, 0.15) is 0 Å². The van der Waals surface area contributed by atoms with Gasteiger partial charge in [-0.25, -0.2) is 0 Å². The normalized spacial score (nSPS) is 13.8. The van der Waals surface area contributed by atoms with E-state index in [9.17, 15) is 5.11 Å². The van der Waals surface area contributed by atoms with Gasteiger partial charge in [-0.05, 0) is 27.9 Å². The van der Waals surface area contributed by atoms with Crippen LogP contribution < -0.4 is 10.4 Å². The largest absolute Gasteiger partial charge is 0.540 e. The van der Waals surface area contributed by atoms with Crippen LogP contribution in [0.4, 0.5) is 0 Å². The SMILES string of the molecule is CCC[C@H](O)/C=C/O[Si](c1ccccc1)(c1ccccc1)C(C)(C)C. The van der Waals surface area contributed by atoms with E-state index >= 15 is 0 Å². The first kappa shape index (κ1) is 19.5. The zero-order valence-corrected chi connectivity index (χ0v) is 16.8. The summed E-state index contributed by atoms with van der Waals surface area (Å²) in [5.41, 5.74) is 0. The summed E-state index contributed by atoms with van der Waals surface area (Å²) in [5.74, 6) is 0. The van der Waals surface area contributed by atoms with Gasteiger partial charge < -0.3 is 9.53 Å². The number of benzene rings is 2. The Balaban J connectivity index is 2.53. The highest BCUT2D eigenvalue weighted by Gasteiger charge is 2.51. The number of aliphatic hydroxyl groups excluding tert-OH is 1. The summed E-state index contributed by atoms with van der Waals surface area (Å²) in [4.78, 5) is 0. The van der Waals surface area contributed by atoms with Gasteiger partial charge in [-0.15, -0.1) is 0 Å². The van der Waals surface area contributed by atoms with Gasteiger partial charge in [0.25, 0.3) is 0 Å². The van der Waals surface area contributed by atoms with Gasteiger partial charge in [0.05, 0.1) is 12.4 Å². The van der Waals surface area contributed by atoms with Crippen LogP contribution in [0.3, 0.4) is 0 Å². The summed E-state index contributed by atoms with van der Waals surface area (Å²) in [7, 11) is -2.54. The Labute approximate surface area is 153 Å². The van der Waals surface area contributed by atoms with Gasteiger partial charge in [0.2, 0.25) is 0 Å². The highest BCUT2D eigenvalue weighted by molar-refractivity contribution is 6.99. The Morgan fingerprint density at radius 2 is 1.44 bits per heavy atom. The molecule has 2 aromatic carbocycles. The van der Waals surface area contributed by atoms with E-state index in [0.29, 0.717) is 0 Å². The van der Waals surface area contributed by atoms with Crippen LogP contribution in [0.25, 0.3) is 0 Å². The maximum absolute atomic E-state index is 10.0. The Morgan fingerprint density at radius 1 is 0.960 bits per heavy atom. The molecule has 0 radical (unpaired) electrons. The van der Waals surface area contributed by atoms with E-state index in [2.05, 4.69) is 76.2 Å². The Morgan fingerprint density at radius 3 is 1.84 bits per heavy atom. The highest BCUT2D eigenvalue weighted by Crippen LogP contribution is 2.36. The molecule has 0 unspecified atom stereocenters. The minimum atomic E-state index is -2.54. The Bertz CT molecular complexity index is 620. The van der Waals surface area contributed by atoms with Crippen LogP contribution in [-0.2, 0) is 4.43 Å². The zero-order chi connectivity index (χ0) is 18.3. The van der Waals surface area contributed by atoms with Crippen LogP contribution >= 0.6 is 0 Å². The summed E-state index contributed by atoms with van der Waals surface area (Å²) < 4.78 is 6.58. The van der Waals surface area contributed by atoms with Gasteiger partial charge in [0, 0.05) is 0 Å². The van der Waals surface area contributed by atoms with Crippen molar-refractivity contribution in [3.8, 4) is 0 Å². The lowest BCUT2D eigenvalue weighted by molar-refractivity contribution is 0.208. The molecule has 0 saturated heterocycles. The molecule has 134 valence electrons. The van der Waals surface area contributed by atoms with Crippen LogP contribution in [0.15, 0.2) is 73.0 Å². The molecule has 0 amide bonds. The first-order valence-corrected chi connectivity index (χ1v) is 11.0. The van der Waals surface area contributed by atoms with Gasteiger partial charge in [-0.2, -0.15) is 0 Å². The van der Waals surface area contributed by atoms with Crippen molar-refractivity contribution in [1.29, 1.82) is 0 Å². The predicted molar refractivity (Wildman–Crippen MR) is 109 cm³/mol. The third-order valence-electron chi connectivity index (χ3n) is 4.55. The standard InChI is InChI=1S/C22H30O2Si/c1-5-12-19(23)17-18-24-25(22(2,3)4,20-13-8-6-9-14-20)21-15-10-7-11-16-21/h6-11,13-19,23H,5,12H2,1-4H3/b18-17+/t19-/m0/s1. The molecule has 1 atom stereocenters. The molecule has 2 rings (SSSR count). The minimum Gasteiger partial charge on any atom is -0.540 e. The van der Waals surface area contributed by atoms with E-state index in [-0.39, 0.29) is 5.04 Å². The van der Waals surface area contributed by atoms with Gasteiger partial charge in [-0.1, -0.05) is 94.8 Å². The lowest BCUT2D eigenvalue weighted by atomic mass is 10.2. The molecular formula is C22H30O2Si. The third-order valence-corrected chi connectivity index (χ3v) is 9.44. The van der Waals surface area contributed by atoms with Crippen molar-refractivity contribution in [3.05, 3.63) is 73.0 Å². The fraction of sp³-hybridized carbons (Fsp3) is 0.364. The number of rotatable bonds is 7. The van der Waals surface area contributed by atoms with Crippen LogP contribution in [0.5, 0.6) is 0 Å². The van der Waals surface area contributed by atoms with Gasteiger partial charge >= 0.3 is 8.32 Å². The van der Waals surface area contributed by atoms with Crippen molar-refractivity contribution >= 4 is 18.7 Å². The molecule has 0 spiro atoms. The van der Waals surface area contributed by atoms with Crippen molar-refractivity contribution in [1.82, 2.24) is 0 Å². The molecule has 0 aliphatic rings. The van der Waals surface area contributed by atoms with Crippen LogP contribution in [0.2, 0.25) is 5.04 Å². The smallest absolute Gasteiger partial charge is 0.319 e. The van der Waals surface area contributed by atoms with Crippen molar-refractivity contribution in [2.75, 3.05) is 0 Å². The van der Waals surface area contributed by atoms with Crippen molar-refractivity contribution in [2.24, 2.45) is 0 Å². The molecule has 0 aliphatic carbocycles. The molecule has 2 aromatic rings. The van der Waals surface area contributed by atoms with E-state index in [1.807, 2.05) is 12.1 Å². The molecule has 3 heteroatoms. The molecule has 1 N–H and O–H groups in total. The maximum atomic E-state index is 10.0. The van der Waals surface area contributed by atoms with Crippen LogP contribution in [0, 0.1) is 0 Å². The monoisotopic (exact) mass is 354 g/mol. The summed E-state index contributed by atoms with van der Waals surface area (Å²) in [5, 5.41) is 12.5. The van der Waals surface area contributed by atoms with Crippen LogP contribution in [-0.4, -0.2) is 19.5 Å². The summed E-state index contributed by atoms with van der Waals surface area (Å²) in [6.07, 6.45) is 4.76. The van der Waals surface area contributed by atoms with Crippen molar-refractivity contribution in [3.63, 3.8) is 0 Å². The Hall–Kier alpha value is -1.84. The minimum absolute atomic E-state index is 0.0598. The van der Waals surface area contributed by atoms with E-state index in [4.69, 9.17) is 4.43 Å². The number of aliphatic hydroxyl groups is 1. The molecule has 0 fully saturated rings. The average molecular weight is 355 g/mol. The molecule has 0 aromatic heterocycles. The van der Waals surface area contributed by atoms with Crippen molar-refractivity contribution < 1.29 is 9.53 Å². The van der Waals surface area contributed by atoms with Gasteiger partial charge in [0.15, 0.2) is 0 Å². The quantitative estimate of drug-likeness (QED) is 0.595. The second kappa shape index (κ2) is 8.50.